The summed E-state index contributed by atoms with van der Waals surface area (Å²) >= 11 is 0. The van der Waals surface area contributed by atoms with Gasteiger partial charge in [0, 0.05) is 24.4 Å². The van der Waals surface area contributed by atoms with Gasteiger partial charge in [0.05, 0.1) is 0 Å². The zero-order chi connectivity index (χ0) is 24.0. The number of alkyl carbamates (subject to hydrolysis) is 1. The smallest absolute Gasteiger partial charge is 0.407 e. The molecule has 0 radical (unpaired) electrons. The number of ether oxygens (including phenoxy) is 1. The van der Waals surface area contributed by atoms with Gasteiger partial charge in [-0.2, -0.15) is 0 Å². The molecule has 0 aromatic heterocycles. The van der Waals surface area contributed by atoms with E-state index in [0.29, 0.717) is 19.4 Å². The third kappa shape index (κ3) is 5.72. The molecule has 0 spiro atoms. The maximum Gasteiger partial charge on any atom is 0.407 e. The number of carboxylic acids is 1. The van der Waals surface area contributed by atoms with E-state index in [2.05, 4.69) is 29.6 Å². The standard InChI is InChI=1S/C26H32N2O5/c1-4-15-28(16-23(29)30)24(31)26(2,3)13-14-27-25(32)33-17-22-20-11-7-5-9-18(20)19-10-6-8-12-21(19)22/h5-12,22H,4,13-17H2,1-3H3,(H,27,32)(H,29,30). The van der Waals surface area contributed by atoms with Gasteiger partial charge in [0.15, 0.2) is 0 Å². The Bertz CT molecular complexity index is 972. The van der Waals surface area contributed by atoms with Gasteiger partial charge < -0.3 is 20.1 Å². The lowest BCUT2D eigenvalue weighted by Gasteiger charge is -2.31. The Morgan fingerprint density at radius 1 is 1.03 bits per heavy atom. The fraction of sp³-hybridized carbons (Fsp3) is 0.423. The molecule has 7 heteroatoms. The lowest BCUT2D eigenvalue weighted by Crippen LogP contribution is -2.45. The van der Waals surface area contributed by atoms with Crippen molar-refractivity contribution in [2.45, 2.75) is 39.5 Å². The zero-order valence-corrected chi connectivity index (χ0v) is 19.5. The molecule has 0 saturated heterocycles. The number of fused-ring (bicyclic) bond motifs is 3. The second-order valence-corrected chi connectivity index (χ2v) is 9.01. The summed E-state index contributed by atoms with van der Waals surface area (Å²) in [7, 11) is 0. The highest BCUT2D eigenvalue weighted by molar-refractivity contribution is 5.85. The van der Waals surface area contributed by atoms with Crippen LogP contribution in [0.5, 0.6) is 0 Å². The first-order chi connectivity index (χ1) is 15.7. The van der Waals surface area contributed by atoms with Crippen LogP contribution in [0.15, 0.2) is 48.5 Å². The number of carbonyl (C=O) groups is 3. The van der Waals surface area contributed by atoms with Gasteiger partial charge in [-0.15, -0.1) is 0 Å². The fourth-order valence-corrected chi connectivity index (χ4v) is 4.35. The van der Waals surface area contributed by atoms with E-state index in [9.17, 15) is 14.4 Å². The quantitative estimate of drug-likeness (QED) is 0.561. The molecule has 0 aliphatic heterocycles. The molecule has 0 saturated carbocycles. The van der Waals surface area contributed by atoms with Crippen LogP contribution in [0, 0.1) is 5.41 Å². The number of rotatable bonds is 10. The Hall–Kier alpha value is -3.35. The summed E-state index contributed by atoms with van der Waals surface area (Å²) in [4.78, 5) is 37.6. The number of nitrogens with zero attached hydrogens (tertiary/aromatic N) is 1. The molecule has 0 unspecified atom stereocenters. The second-order valence-electron chi connectivity index (χ2n) is 9.01. The van der Waals surface area contributed by atoms with Crippen molar-refractivity contribution in [3.8, 4) is 11.1 Å². The lowest BCUT2D eigenvalue weighted by molar-refractivity contribution is -0.149. The molecule has 2 amide bonds. The van der Waals surface area contributed by atoms with E-state index in [4.69, 9.17) is 9.84 Å². The number of carboxylic acid groups (broad SMARTS) is 1. The van der Waals surface area contributed by atoms with Crippen LogP contribution in [-0.2, 0) is 14.3 Å². The van der Waals surface area contributed by atoms with Crippen LogP contribution in [0.25, 0.3) is 11.1 Å². The molecular weight excluding hydrogens is 420 g/mol. The topological polar surface area (TPSA) is 95.9 Å². The largest absolute Gasteiger partial charge is 0.480 e. The maximum atomic E-state index is 12.8. The van der Waals surface area contributed by atoms with Crippen molar-refractivity contribution in [2.24, 2.45) is 5.41 Å². The highest BCUT2D eigenvalue weighted by Gasteiger charge is 2.33. The molecule has 1 aliphatic rings. The van der Waals surface area contributed by atoms with E-state index in [1.54, 1.807) is 13.8 Å². The van der Waals surface area contributed by atoms with Crippen molar-refractivity contribution in [2.75, 3.05) is 26.2 Å². The maximum absolute atomic E-state index is 12.8. The Kier molecular flexibility index (Phi) is 7.74. The summed E-state index contributed by atoms with van der Waals surface area (Å²) < 4.78 is 5.53. The molecule has 0 atom stereocenters. The van der Waals surface area contributed by atoms with Crippen molar-refractivity contribution in [1.29, 1.82) is 0 Å². The average molecular weight is 453 g/mol. The van der Waals surface area contributed by atoms with Crippen molar-refractivity contribution in [1.82, 2.24) is 10.2 Å². The first kappa shape index (κ1) is 24.3. The van der Waals surface area contributed by atoms with E-state index < -0.39 is 17.5 Å². The van der Waals surface area contributed by atoms with Gasteiger partial charge in [-0.1, -0.05) is 69.3 Å². The van der Waals surface area contributed by atoms with Crippen molar-refractivity contribution >= 4 is 18.0 Å². The van der Waals surface area contributed by atoms with Crippen LogP contribution in [-0.4, -0.2) is 54.2 Å². The highest BCUT2D eigenvalue weighted by Crippen LogP contribution is 2.44. The van der Waals surface area contributed by atoms with Gasteiger partial charge in [-0.05, 0) is 35.1 Å². The van der Waals surface area contributed by atoms with Gasteiger partial charge in [0.1, 0.15) is 13.2 Å². The fourth-order valence-electron chi connectivity index (χ4n) is 4.35. The summed E-state index contributed by atoms with van der Waals surface area (Å²) in [6, 6.07) is 16.3. The van der Waals surface area contributed by atoms with Gasteiger partial charge in [0.2, 0.25) is 5.91 Å². The first-order valence-corrected chi connectivity index (χ1v) is 11.3. The first-order valence-electron chi connectivity index (χ1n) is 11.3. The average Bonchev–Trinajstić information content (AvgIpc) is 3.10. The van der Waals surface area contributed by atoms with Crippen LogP contribution in [0.3, 0.4) is 0 Å². The second kappa shape index (κ2) is 10.5. The Balaban J connectivity index is 1.53. The van der Waals surface area contributed by atoms with Crippen LogP contribution in [0.4, 0.5) is 4.79 Å². The summed E-state index contributed by atoms with van der Waals surface area (Å²) in [5.74, 6) is -1.29. The van der Waals surface area contributed by atoms with Crippen molar-refractivity contribution in [3.05, 3.63) is 59.7 Å². The van der Waals surface area contributed by atoms with Gasteiger partial charge in [-0.3, -0.25) is 9.59 Å². The van der Waals surface area contributed by atoms with Gasteiger partial charge in [0.25, 0.3) is 0 Å². The van der Waals surface area contributed by atoms with Gasteiger partial charge >= 0.3 is 12.1 Å². The minimum Gasteiger partial charge on any atom is -0.480 e. The SMILES string of the molecule is CCCN(CC(=O)O)C(=O)C(C)(C)CCNC(=O)OCC1c2ccccc2-c2ccccc21. The van der Waals surface area contributed by atoms with E-state index in [1.807, 2.05) is 31.2 Å². The Morgan fingerprint density at radius 3 is 2.15 bits per heavy atom. The molecule has 2 aromatic carbocycles. The van der Waals surface area contributed by atoms with Crippen LogP contribution in [0.1, 0.15) is 50.7 Å². The third-order valence-electron chi connectivity index (χ3n) is 6.05. The van der Waals surface area contributed by atoms with E-state index in [-0.39, 0.29) is 31.5 Å². The molecule has 2 aromatic rings. The summed E-state index contributed by atoms with van der Waals surface area (Å²) in [6.07, 6.45) is 0.513. The molecular formula is C26H32N2O5. The zero-order valence-electron chi connectivity index (χ0n) is 19.5. The molecule has 0 fully saturated rings. The highest BCUT2D eigenvalue weighted by atomic mass is 16.5. The monoisotopic (exact) mass is 452 g/mol. The molecule has 0 bridgehead atoms. The number of carbonyl (C=O) groups excluding carboxylic acids is 2. The van der Waals surface area contributed by atoms with Crippen molar-refractivity contribution < 1.29 is 24.2 Å². The minimum atomic E-state index is -1.04. The van der Waals surface area contributed by atoms with E-state index >= 15 is 0 Å². The Labute approximate surface area is 194 Å². The lowest BCUT2D eigenvalue weighted by atomic mass is 9.87. The molecule has 3 rings (SSSR count). The summed E-state index contributed by atoms with van der Waals surface area (Å²) in [5.41, 5.74) is 3.82. The van der Waals surface area contributed by atoms with Crippen LogP contribution >= 0.6 is 0 Å². The molecule has 2 N–H and O–H groups in total. The predicted octanol–water partition coefficient (Wildman–Crippen LogP) is 4.26. The number of hydrogen-bond acceptors (Lipinski definition) is 4. The van der Waals surface area contributed by atoms with Crippen LogP contribution < -0.4 is 5.32 Å². The normalized spacial score (nSPS) is 12.6. The molecule has 1 aliphatic carbocycles. The molecule has 7 nitrogen and oxygen atoms in total. The summed E-state index contributed by atoms with van der Waals surface area (Å²) in [5, 5.41) is 11.8. The van der Waals surface area contributed by atoms with E-state index in [0.717, 1.165) is 11.1 Å². The number of nitrogens with one attached hydrogen (secondary N) is 1. The predicted molar refractivity (Wildman–Crippen MR) is 126 cm³/mol. The third-order valence-corrected chi connectivity index (χ3v) is 6.05. The molecule has 0 heterocycles. The number of amides is 2. The van der Waals surface area contributed by atoms with Gasteiger partial charge in [-0.25, -0.2) is 4.79 Å². The molecule has 33 heavy (non-hydrogen) atoms. The molecule has 176 valence electrons. The van der Waals surface area contributed by atoms with Crippen LogP contribution in [0.2, 0.25) is 0 Å². The summed E-state index contributed by atoms with van der Waals surface area (Å²) in [6.45, 7) is 5.96. The van der Waals surface area contributed by atoms with E-state index in [1.165, 1.54) is 16.0 Å². The number of benzene rings is 2. The number of aliphatic carboxylic acids is 1. The number of hydrogen-bond donors (Lipinski definition) is 2. The minimum absolute atomic E-state index is 0.0141. The van der Waals surface area contributed by atoms with Crippen molar-refractivity contribution in [3.63, 3.8) is 0 Å². The Morgan fingerprint density at radius 2 is 1.61 bits per heavy atom.